The molecule has 0 saturated heterocycles. The predicted molar refractivity (Wildman–Crippen MR) is 234 cm³/mol. The topological polar surface area (TPSA) is 152 Å². The van der Waals surface area contributed by atoms with Crippen LogP contribution in [0.3, 0.4) is 0 Å². The Morgan fingerprint density at radius 3 is 1.86 bits per heavy atom. The van der Waals surface area contributed by atoms with E-state index in [0.717, 1.165) is 44.9 Å². The van der Waals surface area contributed by atoms with Crippen LogP contribution >= 0.6 is 7.82 Å². The van der Waals surface area contributed by atoms with E-state index < -0.39 is 51.3 Å². The molecule has 2 N–H and O–H groups in total. The van der Waals surface area contributed by atoms with Crippen molar-refractivity contribution in [2.24, 2.45) is 0 Å². The number of nitrogens with zero attached hydrogens (tertiary/aromatic N) is 1. The van der Waals surface area contributed by atoms with Gasteiger partial charge in [0.05, 0.1) is 40.0 Å². The third-order valence-electron chi connectivity index (χ3n) is 8.28. The highest BCUT2D eigenvalue weighted by Crippen LogP contribution is 2.38. The van der Waals surface area contributed by atoms with E-state index in [4.69, 9.17) is 18.5 Å². The second-order valence-electron chi connectivity index (χ2n) is 15.0. The largest absolute Gasteiger partial charge is 0.756 e. The molecule has 0 amide bonds. The van der Waals surface area contributed by atoms with Crippen molar-refractivity contribution in [2.45, 2.75) is 135 Å². The smallest absolute Gasteiger partial charge is 0.306 e. The highest BCUT2D eigenvalue weighted by Gasteiger charge is 2.21. The van der Waals surface area contributed by atoms with Gasteiger partial charge in [-0.05, 0) is 77.0 Å². The van der Waals surface area contributed by atoms with Crippen molar-refractivity contribution in [3.8, 4) is 0 Å². The summed E-state index contributed by atoms with van der Waals surface area (Å²) >= 11 is 0. The second-order valence-corrected chi connectivity index (χ2v) is 16.4. The molecule has 0 aromatic rings. The number of unbranched alkanes of at least 4 members (excludes halogenated alkanes) is 5. The number of likely N-dealkylation sites (N-methyl/N-ethyl adjacent to an activating group) is 1. The lowest BCUT2D eigenvalue weighted by Crippen LogP contribution is -2.37. The molecule has 0 bridgehead atoms. The SMILES string of the molecule is CC/C=C\C/C=C\C/C=C\C/C=C\CCCCC(=O)O[C@H](COC(=O)CCC[C@H](O)\C=C/C=C/C=C/[C@H](O)C/C=C\CCCCC)COP(=O)([O-])OCC[N+](C)(C)C. The fourth-order valence-electron chi connectivity index (χ4n) is 4.90. The number of aliphatic hydroxyl groups is 2. The van der Waals surface area contributed by atoms with Crippen molar-refractivity contribution in [1.29, 1.82) is 0 Å². The van der Waals surface area contributed by atoms with E-state index in [1.807, 2.05) is 27.2 Å². The molecular weight excluding hydrogens is 757 g/mol. The fourth-order valence-corrected chi connectivity index (χ4v) is 5.62. The minimum absolute atomic E-state index is 0.00144. The summed E-state index contributed by atoms with van der Waals surface area (Å²) in [5, 5.41) is 20.3. The average Bonchev–Trinajstić information content (AvgIpc) is 3.16. The van der Waals surface area contributed by atoms with Gasteiger partial charge >= 0.3 is 11.9 Å². The number of hydrogen-bond donors (Lipinski definition) is 2. The molecule has 0 fully saturated rings. The Balaban J connectivity index is 4.74. The maximum absolute atomic E-state index is 12.6. The van der Waals surface area contributed by atoms with Crippen LogP contribution in [0.2, 0.25) is 0 Å². The van der Waals surface area contributed by atoms with Crippen LogP contribution in [0.4, 0.5) is 0 Å². The summed E-state index contributed by atoms with van der Waals surface area (Å²) in [4.78, 5) is 37.5. The van der Waals surface area contributed by atoms with E-state index in [-0.39, 0.29) is 19.4 Å². The first-order valence-electron chi connectivity index (χ1n) is 21.2. The number of quaternary nitrogens is 1. The second kappa shape index (κ2) is 36.9. The van der Waals surface area contributed by atoms with Crippen LogP contribution in [-0.4, -0.2) is 92.5 Å². The first-order chi connectivity index (χ1) is 27.8. The molecule has 0 aliphatic heterocycles. The lowest BCUT2D eigenvalue weighted by Gasteiger charge is -2.28. The van der Waals surface area contributed by atoms with Gasteiger partial charge in [-0.25, -0.2) is 0 Å². The minimum Gasteiger partial charge on any atom is -0.756 e. The van der Waals surface area contributed by atoms with Crippen molar-refractivity contribution >= 4 is 19.8 Å². The summed E-state index contributed by atoms with van der Waals surface area (Å²) in [5.41, 5.74) is 0. The van der Waals surface area contributed by atoms with E-state index in [0.29, 0.717) is 36.7 Å². The lowest BCUT2D eigenvalue weighted by molar-refractivity contribution is -0.870. The van der Waals surface area contributed by atoms with E-state index >= 15 is 0 Å². The molecule has 0 saturated carbocycles. The van der Waals surface area contributed by atoms with Gasteiger partial charge in [-0.15, -0.1) is 0 Å². The van der Waals surface area contributed by atoms with Gasteiger partial charge in [-0.1, -0.05) is 124 Å². The number of hydrogen-bond acceptors (Lipinski definition) is 10. The average molecular weight is 834 g/mol. The van der Waals surface area contributed by atoms with Crippen LogP contribution < -0.4 is 4.89 Å². The fraction of sp³-hybridized carbons (Fsp3) is 0.609. The van der Waals surface area contributed by atoms with Crippen LogP contribution in [0, 0.1) is 0 Å². The number of ether oxygens (including phenoxy) is 2. The molecule has 0 aromatic carbocycles. The molecule has 0 aliphatic rings. The molecule has 12 heteroatoms. The van der Waals surface area contributed by atoms with Gasteiger partial charge in [-0.2, -0.15) is 0 Å². The molecule has 11 nitrogen and oxygen atoms in total. The molecule has 0 aromatic heterocycles. The van der Waals surface area contributed by atoms with E-state index in [1.54, 1.807) is 36.5 Å². The van der Waals surface area contributed by atoms with E-state index in [1.165, 1.54) is 19.3 Å². The highest BCUT2D eigenvalue weighted by molar-refractivity contribution is 7.45. The number of carbonyl (C=O) groups is 2. The zero-order valence-corrected chi connectivity index (χ0v) is 37.1. The standard InChI is InChI=1S/C46H76NO10P/c1-6-8-10-12-14-15-16-17-18-19-20-21-22-24-30-36-46(51)57-44(41-56-58(52,53)55-39-38-47(3,4)5)40-54-45(50)37-31-35-43(49)34-29-26-25-28-33-42(48)32-27-23-13-11-9-7-2/h8,10,14-15,17-18,20-21,23,25-29,33-34,42-44,48-49H,6-7,9,11-13,16,19,22,24,30-32,35-41H2,1-5H3/b10-8-,15-14-,18-17-,21-20-,26-25+,27-23-,33-28+,34-29-/t42-,43-,44-/m1/s1. The van der Waals surface area contributed by atoms with Crippen molar-refractivity contribution in [3.05, 3.63) is 97.2 Å². The van der Waals surface area contributed by atoms with Crippen LogP contribution in [0.1, 0.15) is 117 Å². The third-order valence-corrected chi connectivity index (χ3v) is 9.24. The van der Waals surface area contributed by atoms with Crippen molar-refractivity contribution in [2.75, 3.05) is 47.5 Å². The zero-order chi connectivity index (χ0) is 43.2. The summed E-state index contributed by atoms with van der Waals surface area (Å²) in [6.07, 6.45) is 40.8. The molecule has 4 atom stereocenters. The van der Waals surface area contributed by atoms with Crippen LogP contribution in [0.25, 0.3) is 0 Å². The summed E-state index contributed by atoms with van der Waals surface area (Å²) in [6, 6.07) is 0. The number of carbonyl (C=O) groups excluding carboxylic acids is 2. The lowest BCUT2D eigenvalue weighted by atomic mass is 10.1. The number of rotatable bonds is 36. The molecule has 0 aliphatic carbocycles. The molecule has 0 radical (unpaired) electrons. The van der Waals surface area contributed by atoms with Crippen molar-refractivity contribution in [3.63, 3.8) is 0 Å². The number of allylic oxidation sites excluding steroid dienone is 13. The summed E-state index contributed by atoms with van der Waals surface area (Å²) < 4.78 is 33.6. The van der Waals surface area contributed by atoms with Gasteiger partial charge in [0.2, 0.25) is 0 Å². The Labute approximate surface area is 350 Å². The molecular formula is C46H76NO10P. The molecule has 58 heavy (non-hydrogen) atoms. The van der Waals surface area contributed by atoms with E-state index in [2.05, 4.69) is 68.5 Å². The third kappa shape index (κ3) is 39.7. The first-order valence-corrected chi connectivity index (χ1v) is 22.6. The monoisotopic (exact) mass is 834 g/mol. The maximum Gasteiger partial charge on any atom is 0.306 e. The molecule has 0 rings (SSSR count). The number of aliphatic hydroxyl groups excluding tert-OH is 2. The van der Waals surface area contributed by atoms with Crippen molar-refractivity contribution in [1.82, 2.24) is 0 Å². The quantitative estimate of drug-likeness (QED) is 0.0156. The van der Waals surface area contributed by atoms with Crippen LogP contribution in [-0.2, 0) is 32.7 Å². The normalized spacial score (nSPS) is 15.7. The van der Waals surface area contributed by atoms with Gasteiger partial charge in [0.15, 0.2) is 6.10 Å². The Hall–Kier alpha value is -3.15. The summed E-state index contributed by atoms with van der Waals surface area (Å²) in [6.45, 7) is 3.68. The highest BCUT2D eigenvalue weighted by atomic mass is 31.2. The predicted octanol–water partition coefficient (Wildman–Crippen LogP) is 9.10. The van der Waals surface area contributed by atoms with Gasteiger partial charge in [0.25, 0.3) is 7.82 Å². The zero-order valence-electron chi connectivity index (χ0n) is 36.2. The Morgan fingerprint density at radius 1 is 0.672 bits per heavy atom. The van der Waals surface area contributed by atoms with Gasteiger partial charge in [0.1, 0.15) is 19.8 Å². The van der Waals surface area contributed by atoms with Crippen LogP contribution in [0.15, 0.2) is 97.2 Å². The summed E-state index contributed by atoms with van der Waals surface area (Å²) in [7, 11) is 0.982. The molecule has 1 unspecified atom stereocenters. The van der Waals surface area contributed by atoms with Gasteiger partial charge in [-0.3, -0.25) is 14.2 Å². The van der Waals surface area contributed by atoms with Gasteiger partial charge < -0.3 is 38.1 Å². The number of phosphoric ester groups is 1. The summed E-state index contributed by atoms with van der Waals surface area (Å²) in [5.74, 6) is -1.14. The van der Waals surface area contributed by atoms with Crippen molar-refractivity contribution < 1.29 is 52.3 Å². The number of phosphoric acid groups is 1. The van der Waals surface area contributed by atoms with Gasteiger partial charge in [0, 0.05) is 12.8 Å². The molecule has 0 spiro atoms. The van der Waals surface area contributed by atoms with E-state index in [9.17, 15) is 29.3 Å². The Bertz CT molecular complexity index is 1340. The minimum atomic E-state index is -4.70. The molecule has 0 heterocycles. The number of esters is 2. The van der Waals surface area contributed by atoms with Crippen LogP contribution in [0.5, 0.6) is 0 Å². The Kier molecular flexibility index (Phi) is 34.9. The maximum atomic E-state index is 12.6. The first kappa shape index (κ1) is 54.9. The Morgan fingerprint density at radius 2 is 1.24 bits per heavy atom. The molecule has 330 valence electrons.